The maximum Gasteiger partial charge on any atom is 0.186 e. The molecule has 1 saturated heterocycles. The van der Waals surface area contributed by atoms with Crippen LogP contribution in [0.15, 0.2) is 0 Å². The van der Waals surface area contributed by atoms with Gasteiger partial charge < -0.3 is 8.99 Å². The van der Waals surface area contributed by atoms with Crippen molar-refractivity contribution in [2.24, 2.45) is 0 Å². The average Bonchev–Trinajstić information content (AvgIpc) is 2.28. The van der Waals surface area contributed by atoms with Crippen molar-refractivity contribution in [2.75, 3.05) is 13.2 Å². The predicted octanol–water partition coefficient (Wildman–Crippen LogP) is 4.70. The van der Waals surface area contributed by atoms with Crippen molar-refractivity contribution in [3.63, 3.8) is 0 Å². The van der Waals surface area contributed by atoms with Gasteiger partial charge in [0.15, 0.2) is 8.32 Å². The van der Waals surface area contributed by atoms with Crippen molar-refractivity contribution in [1.29, 1.82) is 0 Å². The van der Waals surface area contributed by atoms with E-state index in [1.165, 1.54) is 44.7 Å². The molecule has 0 bridgehead atoms. The van der Waals surface area contributed by atoms with Crippen LogP contribution in [0.5, 0.6) is 0 Å². The van der Waals surface area contributed by atoms with Gasteiger partial charge in [0.1, 0.15) is 8.24 Å². The fraction of sp³-hybridized carbons (Fsp3) is 1.00. The molecule has 1 aliphatic heterocycles. The lowest BCUT2D eigenvalue weighted by atomic mass is 10.0. The summed E-state index contributed by atoms with van der Waals surface area (Å²) in [6, 6.07) is 2.10. The third-order valence-corrected chi connectivity index (χ3v) is 9.29. The highest BCUT2D eigenvalue weighted by Gasteiger charge is 2.32. The molecule has 4 heteroatoms. The Kier molecular flexibility index (Phi) is 6.77. The highest BCUT2D eigenvalue weighted by Crippen LogP contribution is 2.26. The molecule has 0 N–H and O–H groups in total. The Hall–Kier alpha value is 0.354. The van der Waals surface area contributed by atoms with Crippen molar-refractivity contribution in [3.05, 3.63) is 0 Å². The SMILES string of the molecule is CCC[Si](C)(C)OCCC1CCCCN1[Si](C)(C)C. The lowest BCUT2D eigenvalue weighted by Crippen LogP contribution is -2.54. The Labute approximate surface area is 123 Å². The summed E-state index contributed by atoms with van der Waals surface area (Å²) in [6.07, 6.45) is 6.73. The summed E-state index contributed by atoms with van der Waals surface area (Å²) in [5.41, 5.74) is 0. The fourth-order valence-electron chi connectivity index (χ4n) is 3.33. The molecule has 0 aromatic heterocycles. The van der Waals surface area contributed by atoms with Crippen LogP contribution in [-0.4, -0.2) is 40.3 Å². The molecule has 1 heterocycles. The van der Waals surface area contributed by atoms with Crippen molar-refractivity contribution in [1.82, 2.24) is 4.57 Å². The van der Waals surface area contributed by atoms with Gasteiger partial charge in [-0.15, -0.1) is 0 Å². The minimum absolute atomic E-state index is 0.798. The van der Waals surface area contributed by atoms with Gasteiger partial charge in [-0.3, -0.25) is 0 Å². The molecule has 2 nitrogen and oxygen atoms in total. The van der Waals surface area contributed by atoms with Crippen LogP contribution in [0.1, 0.15) is 39.0 Å². The third-order valence-electron chi connectivity index (χ3n) is 4.28. The summed E-state index contributed by atoms with van der Waals surface area (Å²) >= 11 is 0. The zero-order valence-corrected chi connectivity index (χ0v) is 16.1. The summed E-state index contributed by atoms with van der Waals surface area (Å²) in [5.74, 6) is 0. The molecule has 1 atom stereocenters. The zero-order valence-electron chi connectivity index (χ0n) is 14.1. The molecule has 0 aliphatic carbocycles. The van der Waals surface area contributed by atoms with Crippen LogP contribution in [0.4, 0.5) is 0 Å². The normalized spacial score (nSPS) is 22.7. The predicted molar refractivity (Wildman–Crippen MR) is 90.8 cm³/mol. The first-order valence-electron chi connectivity index (χ1n) is 8.17. The van der Waals surface area contributed by atoms with E-state index in [0.717, 1.165) is 12.6 Å². The maximum atomic E-state index is 6.26. The minimum atomic E-state index is -1.36. The van der Waals surface area contributed by atoms with E-state index in [0.29, 0.717) is 0 Å². The van der Waals surface area contributed by atoms with Gasteiger partial charge >= 0.3 is 0 Å². The molecule has 1 fully saturated rings. The second-order valence-electron chi connectivity index (χ2n) is 7.66. The standard InChI is InChI=1S/C15H35NOSi2/c1-7-14-19(5,6)17-13-11-15-10-8-9-12-16(15)18(2,3)4/h15H,7-14H2,1-6H3. The van der Waals surface area contributed by atoms with Crippen molar-refractivity contribution in [3.8, 4) is 0 Å². The van der Waals surface area contributed by atoms with E-state index in [-0.39, 0.29) is 0 Å². The largest absolute Gasteiger partial charge is 0.417 e. The zero-order chi connectivity index (χ0) is 14.5. The first-order chi connectivity index (χ1) is 8.76. The van der Waals surface area contributed by atoms with Gasteiger partial charge in [0.25, 0.3) is 0 Å². The Bertz CT molecular complexity index is 263. The topological polar surface area (TPSA) is 12.5 Å². The summed E-state index contributed by atoms with van der Waals surface area (Å²) in [4.78, 5) is 0. The summed E-state index contributed by atoms with van der Waals surface area (Å²) < 4.78 is 9.10. The van der Waals surface area contributed by atoms with E-state index >= 15 is 0 Å². The van der Waals surface area contributed by atoms with Crippen LogP contribution in [0.25, 0.3) is 0 Å². The first kappa shape index (κ1) is 17.4. The van der Waals surface area contributed by atoms with E-state index in [4.69, 9.17) is 4.43 Å². The maximum absolute atomic E-state index is 6.26. The van der Waals surface area contributed by atoms with Crippen molar-refractivity contribution < 1.29 is 4.43 Å². The van der Waals surface area contributed by atoms with Crippen molar-refractivity contribution >= 4 is 16.6 Å². The number of hydrogen-bond donors (Lipinski definition) is 0. The van der Waals surface area contributed by atoms with Gasteiger partial charge in [0, 0.05) is 12.6 Å². The Morgan fingerprint density at radius 2 is 1.79 bits per heavy atom. The molecule has 1 unspecified atom stereocenters. The number of nitrogens with zero attached hydrogens (tertiary/aromatic N) is 1. The van der Waals surface area contributed by atoms with Gasteiger partial charge in [-0.25, -0.2) is 0 Å². The molecule has 0 aromatic rings. The molecule has 0 saturated carbocycles. The highest BCUT2D eigenvalue weighted by atomic mass is 28.4. The quantitative estimate of drug-likeness (QED) is 0.632. The van der Waals surface area contributed by atoms with E-state index in [1.54, 1.807) is 0 Å². The molecular formula is C15H35NOSi2. The molecule has 114 valence electrons. The number of piperidine rings is 1. The van der Waals surface area contributed by atoms with Crippen LogP contribution in [-0.2, 0) is 4.43 Å². The summed E-state index contributed by atoms with van der Waals surface area (Å²) in [6.45, 7) is 16.8. The molecule has 1 rings (SSSR count). The second-order valence-corrected chi connectivity index (χ2v) is 16.9. The number of hydrogen-bond acceptors (Lipinski definition) is 2. The second kappa shape index (κ2) is 7.39. The Morgan fingerprint density at radius 1 is 1.11 bits per heavy atom. The van der Waals surface area contributed by atoms with Crippen LogP contribution < -0.4 is 0 Å². The molecule has 19 heavy (non-hydrogen) atoms. The van der Waals surface area contributed by atoms with Gasteiger partial charge in [-0.1, -0.05) is 39.4 Å². The van der Waals surface area contributed by atoms with E-state index in [1.807, 2.05) is 0 Å². The minimum Gasteiger partial charge on any atom is -0.417 e. The van der Waals surface area contributed by atoms with Gasteiger partial charge in [-0.05, 0) is 44.9 Å². The molecule has 0 amide bonds. The third kappa shape index (κ3) is 6.11. The molecule has 0 aromatic carbocycles. The molecular weight excluding hydrogens is 266 g/mol. The molecule has 0 radical (unpaired) electrons. The lowest BCUT2D eigenvalue weighted by Gasteiger charge is -2.44. The van der Waals surface area contributed by atoms with E-state index < -0.39 is 16.6 Å². The van der Waals surface area contributed by atoms with Gasteiger partial charge in [0.05, 0.1) is 0 Å². The summed E-state index contributed by atoms with van der Waals surface area (Å²) in [5, 5.41) is 0. The average molecular weight is 302 g/mol. The smallest absolute Gasteiger partial charge is 0.186 e. The van der Waals surface area contributed by atoms with Crippen molar-refractivity contribution in [2.45, 2.75) is 83.8 Å². The van der Waals surface area contributed by atoms with Gasteiger partial charge in [0.2, 0.25) is 0 Å². The highest BCUT2D eigenvalue weighted by molar-refractivity contribution is 6.73. The van der Waals surface area contributed by atoms with Crippen LogP contribution in [0, 0.1) is 0 Å². The van der Waals surface area contributed by atoms with Crippen LogP contribution in [0.2, 0.25) is 38.8 Å². The van der Waals surface area contributed by atoms with Crippen LogP contribution >= 0.6 is 0 Å². The first-order valence-corrected chi connectivity index (χ1v) is 14.7. The molecule has 0 spiro atoms. The molecule has 1 aliphatic rings. The van der Waals surface area contributed by atoms with E-state index in [2.05, 4.69) is 44.2 Å². The van der Waals surface area contributed by atoms with Crippen LogP contribution in [0.3, 0.4) is 0 Å². The lowest BCUT2D eigenvalue weighted by molar-refractivity contribution is 0.192. The van der Waals surface area contributed by atoms with E-state index in [9.17, 15) is 0 Å². The number of rotatable bonds is 7. The Morgan fingerprint density at radius 3 is 2.37 bits per heavy atom. The monoisotopic (exact) mass is 301 g/mol. The van der Waals surface area contributed by atoms with Gasteiger partial charge in [-0.2, -0.15) is 0 Å². The fourth-order valence-corrected chi connectivity index (χ4v) is 7.53. The summed E-state index contributed by atoms with van der Waals surface area (Å²) in [7, 11) is -2.50. The Balaban J connectivity index is 2.42.